The number of benzene rings is 2. The molecule has 4 heteroatoms. The normalized spacial score (nSPS) is 12.8. The first kappa shape index (κ1) is 12.7. The molecular weight excluding hydrogens is 326 g/mol. The molecule has 0 saturated heterocycles. The number of hydrogen-bond donors (Lipinski definition) is 1. The van der Waals surface area contributed by atoms with E-state index in [1.165, 1.54) is 0 Å². The van der Waals surface area contributed by atoms with E-state index in [4.69, 9.17) is 21.8 Å². The van der Waals surface area contributed by atoms with Crippen molar-refractivity contribution in [2.45, 2.75) is 6.04 Å². The molecule has 19 heavy (non-hydrogen) atoms. The van der Waals surface area contributed by atoms with E-state index in [2.05, 4.69) is 15.9 Å². The van der Waals surface area contributed by atoms with Crippen LogP contribution in [0.15, 0.2) is 57.8 Å². The van der Waals surface area contributed by atoms with Gasteiger partial charge in [0.25, 0.3) is 0 Å². The summed E-state index contributed by atoms with van der Waals surface area (Å²) in [6.07, 6.45) is 1.62. The van der Waals surface area contributed by atoms with Gasteiger partial charge in [-0.3, -0.25) is 0 Å². The lowest BCUT2D eigenvalue weighted by Gasteiger charge is -2.14. The van der Waals surface area contributed by atoms with Crippen LogP contribution in [-0.4, -0.2) is 0 Å². The molecule has 0 fully saturated rings. The molecule has 0 amide bonds. The highest BCUT2D eigenvalue weighted by molar-refractivity contribution is 9.10. The first-order chi connectivity index (χ1) is 9.18. The minimum absolute atomic E-state index is 0.254. The smallest absolute Gasteiger partial charge is 0.174 e. The van der Waals surface area contributed by atoms with Crippen molar-refractivity contribution in [1.82, 2.24) is 0 Å². The molecule has 1 aromatic heterocycles. The Kier molecular flexibility index (Phi) is 3.35. The van der Waals surface area contributed by atoms with Gasteiger partial charge in [0.15, 0.2) is 4.67 Å². The van der Waals surface area contributed by atoms with E-state index < -0.39 is 0 Å². The molecule has 0 bridgehead atoms. The molecule has 1 heterocycles. The fraction of sp³-hybridized carbons (Fsp3) is 0.0667. The highest BCUT2D eigenvalue weighted by Crippen LogP contribution is 2.34. The number of furan rings is 1. The SMILES string of the molecule is NC(c1ccoc1Br)c1ccc(Cl)c2ccccc12. The molecule has 96 valence electrons. The van der Waals surface area contributed by atoms with Gasteiger partial charge in [-0.05, 0) is 39.0 Å². The van der Waals surface area contributed by atoms with Crippen molar-refractivity contribution in [2.75, 3.05) is 0 Å². The van der Waals surface area contributed by atoms with E-state index in [0.29, 0.717) is 4.67 Å². The summed E-state index contributed by atoms with van der Waals surface area (Å²) in [5, 5.41) is 2.81. The maximum absolute atomic E-state index is 6.34. The monoisotopic (exact) mass is 335 g/mol. The van der Waals surface area contributed by atoms with Gasteiger partial charge in [-0.1, -0.05) is 41.9 Å². The summed E-state index contributed by atoms with van der Waals surface area (Å²) in [6, 6.07) is 13.5. The minimum atomic E-state index is -0.254. The van der Waals surface area contributed by atoms with Crippen molar-refractivity contribution in [2.24, 2.45) is 5.73 Å². The van der Waals surface area contributed by atoms with Gasteiger partial charge in [-0.25, -0.2) is 0 Å². The second-order valence-corrected chi connectivity index (χ2v) is 5.44. The van der Waals surface area contributed by atoms with Crippen LogP contribution in [0.25, 0.3) is 10.8 Å². The molecule has 0 aliphatic carbocycles. The predicted octanol–water partition coefficient (Wildman–Crippen LogP) is 4.90. The zero-order chi connectivity index (χ0) is 13.4. The number of nitrogens with two attached hydrogens (primary N) is 1. The Labute approximate surface area is 124 Å². The number of fused-ring (bicyclic) bond motifs is 1. The van der Waals surface area contributed by atoms with Gasteiger partial charge in [-0.15, -0.1) is 0 Å². The van der Waals surface area contributed by atoms with Crippen molar-refractivity contribution in [1.29, 1.82) is 0 Å². The topological polar surface area (TPSA) is 39.2 Å². The van der Waals surface area contributed by atoms with Crippen molar-refractivity contribution in [3.63, 3.8) is 0 Å². The van der Waals surface area contributed by atoms with Crippen LogP contribution < -0.4 is 5.73 Å². The summed E-state index contributed by atoms with van der Waals surface area (Å²) < 4.78 is 5.92. The molecule has 0 saturated carbocycles. The first-order valence-corrected chi connectivity index (χ1v) is 7.01. The Bertz CT molecular complexity index is 738. The lowest BCUT2D eigenvalue weighted by Crippen LogP contribution is -2.12. The third-order valence-corrected chi connectivity index (χ3v) is 4.20. The van der Waals surface area contributed by atoms with Gasteiger partial charge in [0.2, 0.25) is 0 Å². The fourth-order valence-corrected chi connectivity index (χ4v) is 2.97. The zero-order valence-electron chi connectivity index (χ0n) is 9.94. The third-order valence-electron chi connectivity index (χ3n) is 3.22. The van der Waals surface area contributed by atoms with Gasteiger partial charge < -0.3 is 10.2 Å². The zero-order valence-corrected chi connectivity index (χ0v) is 12.3. The van der Waals surface area contributed by atoms with Crippen LogP contribution >= 0.6 is 27.5 Å². The molecule has 0 radical (unpaired) electrons. The van der Waals surface area contributed by atoms with E-state index in [-0.39, 0.29) is 6.04 Å². The summed E-state index contributed by atoms with van der Waals surface area (Å²) >= 11 is 9.59. The predicted molar refractivity (Wildman–Crippen MR) is 81.4 cm³/mol. The quantitative estimate of drug-likeness (QED) is 0.723. The Balaban J connectivity index is 2.21. The second-order valence-electron chi connectivity index (χ2n) is 4.31. The average Bonchev–Trinajstić information content (AvgIpc) is 2.85. The standard InChI is InChI=1S/C15H11BrClNO/c16-15-12(7-8-19-15)14(18)11-5-6-13(17)10-4-2-1-3-9(10)11/h1-8,14H,18H2. The van der Waals surface area contributed by atoms with Crippen LogP contribution in [0.4, 0.5) is 0 Å². The Morgan fingerprint density at radius 3 is 2.42 bits per heavy atom. The molecule has 2 aromatic carbocycles. The summed E-state index contributed by atoms with van der Waals surface area (Å²) in [7, 11) is 0. The van der Waals surface area contributed by atoms with E-state index >= 15 is 0 Å². The van der Waals surface area contributed by atoms with Gasteiger partial charge in [0.05, 0.1) is 12.3 Å². The first-order valence-electron chi connectivity index (χ1n) is 5.84. The third kappa shape index (κ3) is 2.18. The lowest BCUT2D eigenvalue weighted by molar-refractivity contribution is 0.535. The van der Waals surface area contributed by atoms with E-state index in [1.54, 1.807) is 6.26 Å². The Morgan fingerprint density at radius 2 is 1.74 bits per heavy atom. The van der Waals surface area contributed by atoms with Crippen LogP contribution in [0, 0.1) is 0 Å². The minimum Gasteiger partial charge on any atom is -0.457 e. The average molecular weight is 337 g/mol. The fourth-order valence-electron chi connectivity index (χ4n) is 2.25. The summed E-state index contributed by atoms with van der Waals surface area (Å²) in [4.78, 5) is 0. The van der Waals surface area contributed by atoms with Crippen molar-refractivity contribution >= 4 is 38.3 Å². The molecule has 3 rings (SSSR count). The molecule has 2 N–H and O–H groups in total. The van der Waals surface area contributed by atoms with Crippen LogP contribution in [-0.2, 0) is 0 Å². The Morgan fingerprint density at radius 1 is 1.00 bits per heavy atom. The van der Waals surface area contributed by atoms with Crippen LogP contribution in [0.2, 0.25) is 5.02 Å². The molecule has 2 nitrogen and oxygen atoms in total. The molecule has 1 atom stereocenters. The lowest BCUT2D eigenvalue weighted by atomic mass is 9.96. The highest BCUT2D eigenvalue weighted by Gasteiger charge is 2.17. The van der Waals surface area contributed by atoms with Crippen molar-refractivity contribution in [3.05, 3.63) is 69.5 Å². The van der Waals surface area contributed by atoms with E-state index in [1.807, 2.05) is 42.5 Å². The molecular formula is C15H11BrClNO. The summed E-state index contributed by atoms with van der Waals surface area (Å²) in [6.45, 7) is 0. The summed E-state index contributed by atoms with van der Waals surface area (Å²) in [5.41, 5.74) is 8.30. The highest BCUT2D eigenvalue weighted by atomic mass is 79.9. The van der Waals surface area contributed by atoms with E-state index in [9.17, 15) is 0 Å². The van der Waals surface area contributed by atoms with E-state index in [0.717, 1.165) is 26.9 Å². The van der Waals surface area contributed by atoms with Crippen molar-refractivity contribution < 1.29 is 4.42 Å². The molecule has 0 aliphatic heterocycles. The van der Waals surface area contributed by atoms with Gasteiger partial charge >= 0.3 is 0 Å². The largest absolute Gasteiger partial charge is 0.457 e. The molecule has 0 aliphatic rings. The maximum atomic E-state index is 6.34. The number of hydrogen-bond acceptors (Lipinski definition) is 2. The second kappa shape index (κ2) is 5.00. The van der Waals surface area contributed by atoms with Gasteiger partial charge in [-0.2, -0.15) is 0 Å². The summed E-state index contributed by atoms with van der Waals surface area (Å²) in [5.74, 6) is 0. The molecule has 3 aromatic rings. The van der Waals surface area contributed by atoms with Crippen LogP contribution in [0.1, 0.15) is 17.2 Å². The molecule has 1 unspecified atom stereocenters. The molecule has 0 spiro atoms. The number of halogens is 2. The van der Waals surface area contributed by atoms with Crippen molar-refractivity contribution in [3.8, 4) is 0 Å². The Hall–Kier alpha value is -1.29. The maximum Gasteiger partial charge on any atom is 0.174 e. The van der Waals surface area contributed by atoms with Crippen LogP contribution in [0.3, 0.4) is 0 Å². The van der Waals surface area contributed by atoms with Gasteiger partial charge in [0, 0.05) is 16.0 Å². The van der Waals surface area contributed by atoms with Crippen LogP contribution in [0.5, 0.6) is 0 Å². The van der Waals surface area contributed by atoms with Gasteiger partial charge in [0.1, 0.15) is 0 Å². The number of rotatable bonds is 2.